The van der Waals surface area contributed by atoms with Crippen molar-refractivity contribution in [1.82, 2.24) is 15.1 Å². The summed E-state index contributed by atoms with van der Waals surface area (Å²) in [6.07, 6.45) is 5.49. The van der Waals surface area contributed by atoms with Crippen molar-refractivity contribution in [3.63, 3.8) is 0 Å². The predicted octanol–water partition coefficient (Wildman–Crippen LogP) is 2.21. The van der Waals surface area contributed by atoms with Crippen molar-refractivity contribution in [1.29, 1.82) is 0 Å². The minimum atomic E-state index is 0. The summed E-state index contributed by atoms with van der Waals surface area (Å²) in [7, 11) is 2.34. The van der Waals surface area contributed by atoms with Gasteiger partial charge in [0.05, 0.1) is 0 Å². The van der Waals surface area contributed by atoms with Crippen molar-refractivity contribution < 1.29 is 0 Å². The Morgan fingerprint density at radius 2 is 2.11 bits per heavy atom. The van der Waals surface area contributed by atoms with Gasteiger partial charge in [0.15, 0.2) is 0 Å². The first-order valence-electron chi connectivity index (χ1n) is 7.85. The summed E-state index contributed by atoms with van der Waals surface area (Å²) < 4.78 is 0. The minimum absolute atomic E-state index is 0. The van der Waals surface area contributed by atoms with E-state index in [0.717, 1.165) is 18.0 Å². The second-order valence-electron chi connectivity index (χ2n) is 6.31. The average Bonchev–Trinajstić information content (AvgIpc) is 2.39. The molecular weight excluding hydrogens is 258 g/mol. The van der Waals surface area contributed by atoms with Gasteiger partial charge in [-0.15, -0.1) is 12.4 Å². The van der Waals surface area contributed by atoms with Gasteiger partial charge in [-0.25, -0.2) is 0 Å². The molecule has 19 heavy (non-hydrogen) atoms. The van der Waals surface area contributed by atoms with E-state index in [2.05, 4.69) is 36.0 Å². The maximum absolute atomic E-state index is 3.53. The Labute approximate surface area is 125 Å². The van der Waals surface area contributed by atoms with Crippen molar-refractivity contribution in [2.45, 2.75) is 51.6 Å². The summed E-state index contributed by atoms with van der Waals surface area (Å²) in [5.41, 5.74) is 0. The van der Waals surface area contributed by atoms with E-state index in [1.807, 2.05) is 0 Å². The summed E-state index contributed by atoms with van der Waals surface area (Å²) in [5.74, 6) is 0.878. The van der Waals surface area contributed by atoms with E-state index < -0.39 is 0 Å². The van der Waals surface area contributed by atoms with Gasteiger partial charge in [0.25, 0.3) is 0 Å². The quantitative estimate of drug-likeness (QED) is 0.856. The Bertz CT molecular complexity index is 244. The second kappa shape index (κ2) is 8.46. The Kier molecular flexibility index (Phi) is 7.66. The third kappa shape index (κ3) is 4.89. The standard InChI is InChI=1S/C15H31N3.ClH/c1-4-18-9-7-15(10-13(18)2)17(3)12-14-6-5-8-16-11-14;/h13-16H,4-12H2,1-3H3;1H. The minimum Gasteiger partial charge on any atom is -0.316 e. The molecular formula is C15H32ClN3. The average molecular weight is 290 g/mol. The molecule has 2 saturated heterocycles. The van der Waals surface area contributed by atoms with Gasteiger partial charge in [0.2, 0.25) is 0 Å². The van der Waals surface area contributed by atoms with E-state index in [9.17, 15) is 0 Å². The fourth-order valence-corrected chi connectivity index (χ4v) is 3.70. The maximum atomic E-state index is 3.53. The van der Waals surface area contributed by atoms with Crippen molar-refractivity contribution in [2.75, 3.05) is 39.8 Å². The molecule has 0 aromatic heterocycles. The number of nitrogens with zero attached hydrogens (tertiary/aromatic N) is 2. The van der Waals surface area contributed by atoms with Crippen LogP contribution in [0.4, 0.5) is 0 Å². The maximum Gasteiger partial charge on any atom is 0.0119 e. The van der Waals surface area contributed by atoms with Crippen LogP contribution in [0.1, 0.15) is 39.5 Å². The highest BCUT2D eigenvalue weighted by Crippen LogP contribution is 2.22. The lowest BCUT2D eigenvalue weighted by Gasteiger charge is -2.42. The van der Waals surface area contributed by atoms with Crippen molar-refractivity contribution in [3.8, 4) is 0 Å². The molecule has 114 valence electrons. The molecule has 3 unspecified atom stereocenters. The molecule has 3 atom stereocenters. The van der Waals surface area contributed by atoms with Crippen LogP contribution >= 0.6 is 12.4 Å². The summed E-state index contributed by atoms with van der Waals surface area (Å²) in [6.45, 7) is 10.9. The first-order chi connectivity index (χ1) is 8.70. The van der Waals surface area contributed by atoms with Gasteiger partial charge in [-0.1, -0.05) is 6.92 Å². The Balaban J connectivity index is 0.00000180. The highest BCUT2D eigenvalue weighted by atomic mass is 35.5. The molecule has 2 rings (SSSR count). The largest absolute Gasteiger partial charge is 0.316 e. The van der Waals surface area contributed by atoms with Crippen molar-refractivity contribution in [2.24, 2.45) is 5.92 Å². The molecule has 2 heterocycles. The Hall–Kier alpha value is 0.170. The molecule has 3 nitrogen and oxygen atoms in total. The first kappa shape index (κ1) is 17.2. The molecule has 0 spiro atoms. The van der Waals surface area contributed by atoms with Crippen LogP contribution in [-0.4, -0.2) is 61.7 Å². The van der Waals surface area contributed by atoms with Crippen molar-refractivity contribution >= 4 is 12.4 Å². The number of piperidine rings is 2. The van der Waals surface area contributed by atoms with Crippen molar-refractivity contribution in [3.05, 3.63) is 0 Å². The van der Waals surface area contributed by atoms with Gasteiger partial charge in [-0.2, -0.15) is 0 Å². The van der Waals surface area contributed by atoms with Crippen LogP contribution in [0, 0.1) is 5.92 Å². The van der Waals surface area contributed by atoms with Crippen LogP contribution in [0.25, 0.3) is 0 Å². The summed E-state index contributed by atoms with van der Waals surface area (Å²) >= 11 is 0. The molecule has 1 N–H and O–H groups in total. The van der Waals surface area contributed by atoms with Gasteiger partial charge in [-0.3, -0.25) is 0 Å². The molecule has 0 radical (unpaired) electrons. The van der Waals surface area contributed by atoms with Crippen LogP contribution in [0.2, 0.25) is 0 Å². The van der Waals surface area contributed by atoms with Crippen LogP contribution in [0.15, 0.2) is 0 Å². The Morgan fingerprint density at radius 3 is 2.68 bits per heavy atom. The SMILES string of the molecule is CCN1CCC(N(C)CC2CCCNC2)CC1C.Cl. The number of hydrogen-bond donors (Lipinski definition) is 1. The zero-order chi connectivity index (χ0) is 13.0. The van der Waals surface area contributed by atoms with Crippen LogP contribution in [-0.2, 0) is 0 Å². The van der Waals surface area contributed by atoms with Gasteiger partial charge < -0.3 is 15.1 Å². The lowest BCUT2D eigenvalue weighted by Crippen LogP contribution is -2.49. The number of hydrogen-bond acceptors (Lipinski definition) is 3. The van der Waals surface area contributed by atoms with Gasteiger partial charge in [-0.05, 0) is 71.8 Å². The molecule has 0 aliphatic carbocycles. The predicted molar refractivity (Wildman–Crippen MR) is 85.2 cm³/mol. The molecule has 2 fully saturated rings. The fraction of sp³-hybridized carbons (Fsp3) is 1.00. The van der Waals surface area contributed by atoms with E-state index in [1.165, 1.54) is 58.4 Å². The third-order valence-corrected chi connectivity index (χ3v) is 4.96. The normalized spacial score (nSPS) is 33.2. The number of halogens is 1. The van der Waals surface area contributed by atoms with E-state index in [1.54, 1.807) is 0 Å². The zero-order valence-electron chi connectivity index (χ0n) is 12.9. The van der Waals surface area contributed by atoms with Crippen LogP contribution < -0.4 is 5.32 Å². The molecule has 0 aromatic carbocycles. The summed E-state index contributed by atoms with van der Waals surface area (Å²) in [4.78, 5) is 5.26. The molecule has 2 aliphatic heterocycles. The van der Waals surface area contributed by atoms with Crippen LogP contribution in [0.5, 0.6) is 0 Å². The van der Waals surface area contributed by atoms with E-state index in [0.29, 0.717) is 0 Å². The smallest absolute Gasteiger partial charge is 0.0119 e. The van der Waals surface area contributed by atoms with Gasteiger partial charge >= 0.3 is 0 Å². The Morgan fingerprint density at radius 1 is 1.32 bits per heavy atom. The molecule has 0 saturated carbocycles. The zero-order valence-corrected chi connectivity index (χ0v) is 13.7. The fourth-order valence-electron chi connectivity index (χ4n) is 3.70. The number of nitrogens with one attached hydrogen (secondary N) is 1. The summed E-state index contributed by atoms with van der Waals surface area (Å²) in [5, 5.41) is 3.53. The number of rotatable bonds is 4. The van der Waals surface area contributed by atoms with E-state index in [-0.39, 0.29) is 12.4 Å². The molecule has 4 heteroatoms. The monoisotopic (exact) mass is 289 g/mol. The molecule has 0 amide bonds. The lowest BCUT2D eigenvalue weighted by atomic mass is 9.94. The number of likely N-dealkylation sites (tertiary alicyclic amines) is 1. The molecule has 0 aromatic rings. The highest BCUT2D eigenvalue weighted by Gasteiger charge is 2.28. The second-order valence-corrected chi connectivity index (χ2v) is 6.31. The summed E-state index contributed by atoms with van der Waals surface area (Å²) in [6, 6.07) is 1.57. The first-order valence-corrected chi connectivity index (χ1v) is 7.85. The molecule has 0 bridgehead atoms. The van der Waals surface area contributed by atoms with Crippen LogP contribution in [0.3, 0.4) is 0 Å². The highest BCUT2D eigenvalue weighted by molar-refractivity contribution is 5.85. The third-order valence-electron chi connectivity index (χ3n) is 4.96. The van der Waals surface area contributed by atoms with Gasteiger partial charge in [0, 0.05) is 18.6 Å². The van der Waals surface area contributed by atoms with E-state index in [4.69, 9.17) is 0 Å². The topological polar surface area (TPSA) is 18.5 Å². The van der Waals surface area contributed by atoms with E-state index >= 15 is 0 Å². The van der Waals surface area contributed by atoms with Gasteiger partial charge in [0.1, 0.15) is 0 Å². The molecule has 2 aliphatic rings. The lowest BCUT2D eigenvalue weighted by molar-refractivity contribution is 0.0787.